The minimum absolute atomic E-state index is 0.139. The van der Waals surface area contributed by atoms with E-state index in [-0.39, 0.29) is 30.5 Å². The number of carbonyl (C=O) groups excluding carboxylic acids is 2. The fourth-order valence-corrected chi connectivity index (χ4v) is 5.10. The molecule has 194 valence electrons. The smallest absolute Gasteiger partial charge is 0.261 e. The maximum atomic E-state index is 13.1. The summed E-state index contributed by atoms with van der Waals surface area (Å²) in [7, 11) is -3.63. The highest BCUT2D eigenvalue weighted by Crippen LogP contribution is 2.21. The molecule has 0 radical (unpaired) electrons. The Bertz CT molecular complexity index is 1150. The van der Waals surface area contributed by atoms with Gasteiger partial charge in [-0.05, 0) is 48.9 Å². The Kier molecular flexibility index (Phi) is 9.89. The van der Waals surface area contributed by atoms with E-state index in [2.05, 4.69) is 11.9 Å². The Balaban J connectivity index is 1.68. The molecule has 2 aromatic rings. The predicted molar refractivity (Wildman–Crippen MR) is 136 cm³/mol. The largest absolute Gasteiger partial charge is 0.484 e. The SMILES string of the molecule is C=CCNC(=O)[C@H](C)N(Cc1ccc(Cl)cc1)C(=O)COc1ccc(S(=O)(=O)N2CCOCC2)cc1. The molecule has 2 amide bonds. The van der Waals surface area contributed by atoms with Crippen LogP contribution >= 0.6 is 11.6 Å². The molecule has 2 aromatic carbocycles. The van der Waals surface area contributed by atoms with Crippen LogP contribution in [0.1, 0.15) is 12.5 Å². The Labute approximate surface area is 216 Å². The second-order valence-corrected chi connectivity index (χ2v) is 10.5. The molecule has 36 heavy (non-hydrogen) atoms. The van der Waals surface area contributed by atoms with E-state index in [1.165, 1.54) is 33.5 Å². The third kappa shape index (κ3) is 7.30. The van der Waals surface area contributed by atoms with Gasteiger partial charge in [0.2, 0.25) is 15.9 Å². The summed E-state index contributed by atoms with van der Waals surface area (Å²) in [6, 6.07) is 12.1. The number of amides is 2. The Hall–Kier alpha value is -2.92. The lowest BCUT2D eigenvalue weighted by molar-refractivity contribution is -0.142. The second-order valence-electron chi connectivity index (χ2n) is 8.13. The van der Waals surface area contributed by atoms with Gasteiger partial charge in [0, 0.05) is 31.2 Å². The number of hydrogen-bond donors (Lipinski definition) is 1. The van der Waals surface area contributed by atoms with Crippen LogP contribution in [-0.2, 0) is 30.9 Å². The first-order chi connectivity index (χ1) is 17.2. The van der Waals surface area contributed by atoms with Gasteiger partial charge in [0.15, 0.2) is 6.61 Å². The van der Waals surface area contributed by atoms with Crippen LogP contribution in [0.2, 0.25) is 5.02 Å². The zero-order valence-electron chi connectivity index (χ0n) is 20.1. The molecule has 1 N–H and O–H groups in total. The average molecular weight is 536 g/mol. The summed E-state index contributed by atoms with van der Waals surface area (Å²) < 4.78 is 37.8. The Morgan fingerprint density at radius 1 is 1.17 bits per heavy atom. The van der Waals surface area contributed by atoms with Gasteiger partial charge in [0.1, 0.15) is 11.8 Å². The maximum Gasteiger partial charge on any atom is 0.261 e. The van der Waals surface area contributed by atoms with Crippen molar-refractivity contribution in [3.63, 3.8) is 0 Å². The molecule has 1 heterocycles. The van der Waals surface area contributed by atoms with E-state index in [0.717, 1.165) is 5.56 Å². The van der Waals surface area contributed by atoms with Crippen LogP contribution in [0.15, 0.2) is 66.1 Å². The van der Waals surface area contributed by atoms with Crippen molar-refractivity contribution in [3.8, 4) is 5.75 Å². The van der Waals surface area contributed by atoms with Gasteiger partial charge >= 0.3 is 0 Å². The molecule has 0 aromatic heterocycles. The van der Waals surface area contributed by atoms with Crippen molar-refractivity contribution in [3.05, 3.63) is 71.8 Å². The summed E-state index contributed by atoms with van der Waals surface area (Å²) in [6.45, 7) is 6.68. The zero-order chi connectivity index (χ0) is 26.1. The maximum absolute atomic E-state index is 13.1. The van der Waals surface area contributed by atoms with Gasteiger partial charge in [-0.3, -0.25) is 9.59 Å². The van der Waals surface area contributed by atoms with Gasteiger partial charge in [-0.25, -0.2) is 8.42 Å². The van der Waals surface area contributed by atoms with Gasteiger partial charge in [-0.2, -0.15) is 4.31 Å². The molecular weight excluding hydrogens is 506 g/mol. The number of nitrogens with zero attached hydrogens (tertiary/aromatic N) is 2. The summed E-state index contributed by atoms with van der Waals surface area (Å²) in [6.07, 6.45) is 1.56. The van der Waals surface area contributed by atoms with Gasteiger partial charge in [-0.1, -0.05) is 29.8 Å². The first-order valence-electron chi connectivity index (χ1n) is 11.5. The van der Waals surface area contributed by atoms with Crippen molar-refractivity contribution in [2.75, 3.05) is 39.5 Å². The van der Waals surface area contributed by atoms with E-state index >= 15 is 0 Å². The summed E-state index contributed by atoms with van der Waals surface area (Å²) >= 11 is 5.96. The van der Waals surface area contributed by atoms with Crippen molar-refractivity contribution >= 4 is 33.4 Å². The van der Waals surface area contributed by atoms with E-state index in [1.807, 2.05) is 0 Å². The van der Waals surface area contributed by atoms with Crippen molar-refractivity contribution < 1.29 is 27.5 Å². The van der Waals surface area contributed by atoms with Crippen LogP contribution < -0.4 is 10.1 Å². The highest BCUT2D eigenvalue weighted by atomic mass is 35.5. The molecule has 0 saturated carbocycles. The van der Waals surface area contributed by atoms with E-state index in [9.17, 15) is 18.0 Å². The van der Waals surface area contributed by atoms with Crippen LogP contribution in [0.4, 0.5) is 0 Å². The predicted octanol–water partition coefficient (Wildman–Crippen LogP) is 2.46. The standard InChI is InChI=1S/C25H30ClN3O6S/c1-3-12-27-25(31)19(2)29(17-20-4-6-21(26)7-5-20)24(30)18-35-22-8-10-23(11-9-22)36(32,33)28-13-15-34-16-14-28/h3-11,19H,1,12-18H2,2H3,(H,27,31)/t19-/m0/s1. The second kappa shape index (κ2) is 12.9. The van der Waals surface area contributed by atoms with Gasteiger partial charge in [0.25, 0.3) is 5.91 Å². The number of rotatable bonds is 11. The van der Waals surface area contributed by atoms with Crippen molar-refractivity contribution in [2.45, 2.75) is 24.4 Å². The number of hydrogen-bond acceptors (Lipinski definition) is 6. The lowest BCUT2D eigenvalue weighted by atomic mass is 10.1. The molecule has 11 heteroatoms. The monoisotopic (exact) mass is 535 g/mol. The number of ether oxygens (including phenoxy) is 2. The van der Waals surface area contributed by atoms with Crippen molar-refractivity contribution in [1.29, 1.82) is 0 Å². The fraction of sp³-hybridized carbons (Fsp3) is 0.360. The third-order valence-corrected chi connectivity index (χ3v) is 7.81. The van der Waals surface area contributed by atoms with E-state index in [0.29, 0.717) is 37.1 Å². The molecule has 9 nitrogen and oxygen atoms in total. The molecule has 0 bridgehead atoms. The van der Waals surface area contributed by atoms with Gasteiger partial charge < -0.3 is 19.7 Å². The summed E-state index contributed by atoms with van der Waals surface area (Å²) in [4.78, 5) is 27.2. The molecule has 1 saturated heterocycles. The molecule has 1 aliphatic rings. The summed E-state index contributed by atoms with van der Waals surface area (Å²) in [5.74, 6) is -0.398. The minimum Gasteiger partial charge on any atom is -0.484 e. The third-order valence-electron chi connectivity index (χ3n) is 5.65. The zero-order valence-corrected chi connectivity index (χ0v) is 21.6. The van der Waals surface area contributed by atoms with Crippen LogP contribution in [0.5, 0.6) is 5.75 Å². The van der Waals surface area contributed by atoms with E-state index in [1.54, 1.807) is 37.3 Å². The lowest BCUT2D eigenvalue weighted by Gasteiger charge is -2.28. The number of benzene rings is 2. The highest BCUT2D eigenvalue weighted by Gasteiger charge is 2.28. The number of sulfonamides is 1. The van der Waals surface area contributed by atoms with E-state index < -0.39 is 22.0 Å². The van der Waals surface area contributed by atoms with Gasteiger partial charge in [-0.15, -0.1) is 6.58 Å². The molecule has 1 atom stereocenters. The van der Waals surface area contributed by atoms with Crippen LogP contribution in [0.25, 0.3) is 0 Å². The van der Waals surface area contributed by atoms with E-state index in [4.69, 9.17) is 21.1 Å². The molecule has 1 fully saturated rings. The molecule has 3 rings (SSSR count). The molecule has 0 aliphatic carbocycles. The highest BCUT2D eigenvalue weighted by molar-refractivity contribution is 7.89. The molecular formula is C25H30ClN3O6S. The molecule has 1 aliphatic heterocycles. The molecule has 0 unspecified atom stereocenters. The number of carbonyl (C=O) groups is 2. The minimum atomic E-state index is -3.63. The van der Waals surface area contributed by atoms with Crippen LogP contribution in [0.3, 0.4) is 0 Å². The van der Waals surface area contributed by atoms with Crippen LogP contribution in [-0.4, -0.2) is 74.9 Å². The lowest BCUT2D eigenvalue weighted by Crippen LogP contribution is -2.49. The summed E-state index contributed by atoms with van der Waals surface area (Å²) in [5.41, 5.74) is 0.800. The first kappa shape index (κ1) is 27.7. The summed E-state index contributed by atoms with van der Waals surface area (Å²) in [5, 5.41) is 3.27. The normalized spacial score (nSPS) is 15.1. The number of nitrogens with one attached hydrogen (secondary N) is 1. The van der Waals surface area contributed by atoms with Crippen molar-refractivity contribution in [1.82, 2.24) is 14.5 Å². The quantitative estimate of drug-likeness (QED) is 0.443. The van der Waals surface area contributed by atoms with Gasteiger partial charge in [0.05, 0.1) is 18.1 Å². The average Bonchev–Trinajstić information content (AvgIpc) is 2.90. The Morgan fingerprint density at radius 3 is 2.42 bits per heavy atom. The topological polar surface area (TPSA) is 105 Å². The Morgan fingerprint density at radius 2 is 1.81 bits per heavy atom. The fourth-order valence-electron chi connectivity index (χ4n) is 3.56. The van der Waals surface area contributed by atoms with Crippen molar-refractivity contribution in [2.24, 2.45) is 0 Å². The van der Waals surface area contributed by atoms with Crippen LogP contribution in [0, 0.1) is 0 Å². The first-order valence-corrected chi connectivity index (χ1v) is 13.3. The number of halogens is 1. The number of morpholine rings is 1. The molecule has 0 spiro atoms.